The van der Waals surface area contributed by atoms with Gasteiger partial charge in [-0.15, -0.1) is 11.8 Å². The van der Waals surface area contributed by atoms with Crippen molar-refractivity contribution >= 4 is 52.8 Å². The first-order chi connectivity index (χ1) is 26.6. The summed E-state index contributed by atoms with van der Waals surface area (Å²) in [7, 11) is 1.87. The maximum atomic E-state index is 13.8. The van der Waals surface area contributed by atoms with Crippen LogP contribution in [0, 0.1) is 32.1 Å². The Bertz CT molecular complexity index is 1960. The first-order valence-electron chi connectivity index (χ1n) is 18.2. The molecule has 2 aromatic rings. The van der Waals surface area contributed by atoms with Crippen LogP contribution in [0.25, 0.3) is 0 Å². The van der Waals surface area contributed by atoms with Crippen LogP contribution < -0.4 is 5.32 Å². The van der Waals surface area contributed by atoms with E-state index in [9.17, 15) is 44.5 Å². The van der Waals surface area contributed by atoms with E-state index in [-0.39, 0.29) is 59.3 Å². The highest BCUT2D eigenvalue weighted by Gasteiger charge is 2.60. The zero-order chi connectivity index (χ0) is 40.4. The van der Waals surface area contributed by atoms with Crippen molar-refractivity contribution in [2.75, 3.05) is 26.7 Å². The van der Waals surface area contributed by atoms with Crippen molar-refractivity contribution in [3.63, 3.8) is 0 Å². The maximum absolute atomic E-state index is 13.8. The van der Waals surface area contributed by atoms with E-state index in [0.29, 0.717) is 54.3 Å². The molecule has 0 aromatic heterocycles. The predicted octanol–water partition coefficient (Wildman–Crippen LogP) is 3.37. The lowest BCUT2D eigenvalue weighted by Gasteiger charge is -2.46. The highest BCUT2D eigenvalue weighted by molar-refractivity contribution is 8.03. The van der Waals surface area contributed by atoms with Gasteiger partial charge in [0.2, 0.25) is 11.8 Å². The lowest BCUT2D eigenvalue weighted by atomic mass is 9.79. The fourth-order valence-electron chi connectivity index (χ4n) is 7.72. The smallest absolute Gasteiger partial charge is 0.412 e. The second-order valence-corrected chi connectivity index (χ2v) is 15.8. The van der Waals surface area contributed by atoms with Crippen molar-refractivity contribution in [1.29, 1.82) is 0 Å². The molecule has 0 aliphatic carbocycles. The van der Waals surface area contributed by atoms with Crippen LogP contribution >= 0.6 is 11.8 Å². The summed E-state index contributed by atoms with van der Waals surface area (Å²) in [6.07, 6.45) is -0.549. The molecule has 0 bridgehead atoms. The topological polar surface area (TPSA) is 227 Å². The minimum atomic E-state index is -0.913. The lowest BCUT2D eigenvalue weighted by Crippen LogP contribution is -2.63. The number of aliphatic hydroxyl groups excluding tert-OH is 1. The molecule has 3 amide bonds. The molecule has 19 heteroatoms. The van der Waals surface area contributed by atoms with Gasteiger partial charge in [0.05, 0.1) is 40.0 Å². The van der Waals surface area contributed by atoms with Crippen LogP contribution in [0.2, 0.25) is 0 Å². The summed E-state index contributed by atoms with van der Waals surface area (Å²) in [5, 5.41) is 34.8. The average molecular weight is 794 g/mol. The summed E-state index contributed by atoms with van der Waals surface area (Å²) in [6, 6.07) is 10.2. The fraction of sp³-hybridized carbons (Fsp3) is 0.486. The number of nitro groups is 2. The first-order valence-corrected chi connectivity index (χ1v) is 19.0. The maximum Gasteiger partial charge on any atom is 0.412 e. The number of hydrogen-bond acceptors (Lipinski definition) is 14. The number of esters is 1. The van der Waals surface area contributed by atoms with E-state index >= 15 is 0 Å². The molecule has 7 atom stereocenters. The SMILES string of the molecule is CC(=N[C@H]1CCN(C(=O)[C@@H]2C[C@H](SC3=C(C(=O)OCc4ccc([N+](=O)[O-])cc4)N4C(=O)[C@H]([C@@H](C)O)[C@H]4[C@H]3C)CN2C)C1)NC(=O)OCc1ccc([N+](=O)[O-])cc1. The number of aliphatic imine (C=N–C) groups is 1. The standard InChI is InChI=1S/C37H43N7O11S/c1-20-31-30(21(2)45)35(47)42(31)32(36(48)54-18-23-5-9-26(10-6-23)43(50)51)33(20)56-28-15-29(40(4)17-28)34(46)41-14-13-25(16-41)38-22(3)39-37(49)55-19-24-7-11-27(12-8-24)44(52)53/h5-12,20-21,25,28-31,45H,13-19H2,1-4H3,(H,38,39,49)/t20-,21-,25+,28+,29+,30-,31-/m1/s1. The van der Waals surface area contributed by atoms with Crippen molar-refractivity contribution in [3.8, 4) is 0 Å². The molecule has 2 N–H and O–H groups in total. The van der Waals surface area contributed by atoms with Crippen molar-refractivity contribution in [3.05, 3.63) is 90.5 Å². The van der Waals surface area contributed by atoms with Gasteiger partial charge < -0.3 is 24.4 Å². The number of amidine groups is 1. The predicted molar refractivity (Wildman–Crippen MR) is 202 cm³/mol. The van der Waals surface area contributed by atoms with Gasteiger partial charge in [0, 0.05) is 60.0 Å². The highest BCUT2D eigenvalue weighted by Crippen LogP contribution is 2.52. The number of amides is 3. The summed E-state index contributed by atoms with van der Waals surface area (Å²) in [4.78, 5) is 84.3. The molecule has 0 saturated carbocycles. The highest BCUT2D eigenvalue weighted by atomic mass is 32.2. The number of non-ortho nitro benzene ring substituents is 2. The summed E-state index contributed by atoms with van der Waals surface area (Å²) in [5.74, 6) is -1.73. The van der Waals surface area contributed by atoms with Crippen molar-refractivity contribution in [2.24, 2.45) is 16.8 Å². The molecule has 4 aliphatic rings. The second kappa shape index (κ2) is 16.8. The minimum absolute atomic E-state index is 0.0502. The lowest BCUT2D eigenvalue weighted by molar-refractivity contribution is -0.385. The number of nitro benzene ring substituents is 2. The Balaban J connectivity index is 1.05. The number of benzene rings is 2. The Labute approximate surface area is 326 Å². The minimum Gasteiger partial charge on any atom is -0.456 e. The Hall–Kier alpha value is -5.40. The summed E-state index contributed by atoms with van der Waals surface area (Å²) < 4.78 is 10.8. The molecule has 6 rings (SSSR count). The van der Waals surface area contributed by atoms with E-state index < -0.39 is 46.0 Å². The number of aliphatic hydroxyl groups is 1. The number of hydrogen-bond donors (Lipinski definition) is 2. The van der Waals surface area contributed by atoms with Crippen LogP contribution in [0.3, 0.4) is 0 Å². The Morgan fingerprint density at radius 1 is 1.00 bits per heavy atom. The summed E-state index contributed by atoms with van der Waals surface area (Å²) >= 11 is 1.45. The van der Waals surface area contributed by atoms with Crippen LogP contribution in [-0.4, -0.2) is 116 Å². The third-order valence-corrected chi connectivity index (χ3v) is 12.1. The van der Waals surface area contributed by atoms with E-state index in [1.165, 1.54) is 65.2 Å². The molecule has 0 radical (unpaired) electrons. The molecule has 3 fully saturated rings. The Morgan fingerprint density at radius 2 is 1.59 bits per heavy atom. The number of thioether (sulfide) groups is 1. The molecule has 0 unspecified atom stereocenters. The molecule has 3 saturated heterocycles. The second-order valence-electron chi connectivity index (χ2n) is 14.5. The average Bonchev–Trinajstić information content (AvgIpc) is 3.84. The van der Waals surface area contributed by atoms with Crippen LogP contribution in [-0.2, 0) is 37.1 Å². The third-order valence-electron chi connectivity index (χ3n) is 10.6. The quantitative estimate of drug-likeness (QED) is 0.0786. The molecule has 4 heterocycles. The molecule has 0 spiro atoms. The third kappa shape index (κ3) is 8.53. The normalized spacial score (nSPS) is 25.4. The molecule has 298 valence electrons. The van der Waals surface area contributed by atoms with Gasteiger partial charge in [-0.05, 0) is 69.1 Å². The van der Waals surface area contributed by atoms with Crippen molar-refractivity contribution in [1.82, 2.24) is 20.0 Å². The monoisotopic (exact) mass is 793 g/mol. The molecule has 18 nitrogen and oxygen atoms in total. The number of alkyl carbamates (subject to hydrolysis) is 1. The molecule has 56 heavy (non-hydrogen) atoms. The number of ether oxygens (including phenoxy) is 2. The van der Waals surface area contributed by atoms with E-state index in [2.05, 4.69) is 10.3 Å². The van der Waals surface area contributed by atoms with Gasteiger partial charge in [0.1, 0.15) is 24.7 Å². The molecule has 4 aliphatic heterocycles. The number of nitrogens with one attached hydrogen (secondary N) is 1. The van der Waals surface area contributed by atoms with Crippen LogP contribution in [0.1, 0.15) is 44.7 Å². The zero-order valence-corrected chi connectivity index (χ0v) is 32.0. The Morgan fingerprint density at radius 3 is 2.16 bits per heavy atom. The number of fused-ring (bicyclic) bond motifs is 1. The van der Waals surface area contributed by atoms with Gasteiger partial charge in [0.15, 0.2) is 0 Å². The summed E-state index contributed by atoms with van der Waals surface area (Å²) in [6.45, 7) is 6.25. The largest absolute Gasteiger partial charge is 0.456 e. The van der Waals surface area contributed by atoms with Crippen LogP contribution in [0.15, 0.2) is 64.1 Å². The zero-order valence-electron chi connectivity index (χ0n) is 31.2. The van der Waals surface area contributed by atoms with Gasteiger partial charge in [0.25, 0.3) is 11.4 Å². The number of likely N-dealkylation sites (N-methyl/N-ethyl adjacent to an activating group) is 1. The fourth-order valence-corrected chi connectivity index (χ4v) is 9.31. The van der Waals surface area contributed by atoms with Gasteiger partial charge >= 0.3 is 12.1 Å². The number of carbonyl (C=O) groups is 4. The van der Waals surface area contributed by atoms with E-state index in [4.69, 9.17) is 9.47 Å². The molecular weight excluding hydrogens is 751 g/mol. The molecular formula is C37H43N7O11S. The van der Waals surface area contributed by atoms with Crippen molar-refractivity contribution < 1.29 is 43.6 Å². The number of nitrogens with zero attached hydrogens (tertiary/aromatic N) is 6. The van der Waals surface area contributed by atoms with E-state index in [1.54, 1.807) is 18.7 Å². The van der Waals surface area contributed by atoms with Gasteiger partial charge in [-0.2, -0.15) is 0 Å². The van der Waals surface area contributed by atoms with Gasteiger partial charge in [-0.1, -0.05) is 6.92 Å². The van der Waals surface area contributed by atoms with Gasteiger partial charge in [-0.25, -0.2) is 9.59 Å². The number of β-lactam (4-membered cyclic amide) rings is 1. The number of likely N-dealkylation sites (tertiary alicyclic amines) is 2. The van der Waals surface area contributed by atoms with E-state index in [0.717, 1.165) is 0 Å². The number of carbonyl (C=O) groups excluding carboxylic acids is 4. The van der Waals surface area contributed by atoms with Gasteiger partial charge in [-0.3, -0.25) is 45.0 Å². The van der Waals surface area contributed by atoms with Crippen LogP contribution in [0.5, 0.6) is 0 Å². The number of rotatable bonds is 12. The Kier molecular flexibility index (Phi) is 12.1. The van der Waals surface area contributed by atoms with Crippen LogP contribution in [0.4, 0.5) is 16.2 Å². The van der Waals surface area contributed by atoms with E-state index in [1.807, 2.05) is 18.9 Å². The summed E-state index contributed by atoms with van der Waals surface area (Å²) in [5.41, 5.74) is 1.10. The first kappa shape index (κ1) is 40.3. The molecule has 2 aromatic carbocycles. The van der Waals surface area contributed by atoms with Crippen molar-refractivity contribution in [2.45, 2.75) is 76.3 Å².